The van der Waals surface area contributed by atoms with Crippen LogP contribution in [0.15, 0.2) is 36.4 Å². The summed E-state index contributed by atoms with van der Waals surface area (Å²) in [6, 6.07) is 13.1. The quantitative estimate of drug-likeness (QED) is 0.666. The van der Waals surface area contributed by atoms with Gasteiger partial charge in [-0.15, -0.1) is 0 Å². The molecule has 1 aliphatic rings. The first-order chi connectivity index (χ1) is 10.2. The highest BCUT2D eigenvalue weighted by Crippen LogP contribution is 2.36. The molecular formula is C18H23N3. The molecule has 0 radical (unpaired) electrons. The van der Waals surface area contributed by atoms with Crippen molar-refractivity contribution < 1.29 is 0 Å². The van der Waals surface area contributed by atoms with Gasteiger partial charge in [0.2, 0.25) is 0 Å². The number of hydrogen-bond acceptors (Lipinski definition) is 3. The molecule has 110 valence electrons. The van der Waals surface area contributed by atoms with Crippen molar-refractivity contribution in [3.8, 4) is 0 Å². The Balaban J connectivity index is 1.88. The highest BCUT2D eigenvalue weighted by molar-refractivity contribution is 5.36. The maximum Gasteiger partial charge on any atom is 0.0711 e. The van der Waals surface area contributed by atoms with Gasteiger partial charge in [0.1, 0.15) is 0 Å². The van der Waals surface area contributed by atoms with Crippen LogP contribution in [0.1, 0.15) is 59.3 Å². The van der Waals surface area contributed by atoms with Gasteiger partial charge in [-0.1, -0.05) is 30.7 Å². The van der Waals surface area contributed by atoms with Crippen LogP contribution in [0.5, 0.6) is 0 Å². The van der Waals surface area contributed by atoms with Crippen LogP contribution in [-0.4, -0.2) is 4.98 Å². The molecule has 2 aromatic rings. The first-order valence-corrected chi connectivity index (χ1v) is 7.68. The minimum absolute atomic E-state index is 0.0147. The number of aromatic nitrogens is 1. The van der Waals surface area contributed by atoms with E-state index in [0.717, 1.165) is 17.3 Å². The van der Waals surface area contributed by atoms with Crippen molar-refractivity contribution in [2.45, 2.75) is 45.1 Å². The summed E-state index contributed by atoms with van der Waals surface area (Å²) in [4.78, 5) is 4.43. The molecule has 1 aromatic carbocycles. The van der Waals surface area contributed by atoms with E-state index >= 15 is 0 Å². The fourth-order valence-corrected chi connectivity index (χ4v) is 3.12. The van der Waals surface area contributed by atoms with Crippen molar-refractivity contribution in [1.29, 1.82) is 0 Å². The summed E-state index contributed by atoms with van der Waals surface area (Å²) in [6.07, 6.45) is 4.04. The molecule has 3 N–H and O–H groups in total. The van der Waals surface area contributed by atoms with Gasteiger partial charge in [-0.25, -0.2) is 5.43 Å². The van der Waals surface area contributed by atoms with Crippen LogP contribution in [0.3, 0.4) is 0 Å². The zero-order valence-electron chi connectivity index (χ0n) is 12.8. The number of aryl methyl sites for hydroxylation is 2. The Morgan fingerprint density at radius 1 is 1.05 bits per heavy atom. The monoisotopic (exact) mass is 281 g/mol. The molecule has 1 aromatic heterocycles. The topological polar surface area (TPSA) is 50.9 Å². The largest absolute Gasteiger partial charge is 0.271 e. The average molecular weight is 281 g/mol. The second kappa shape index (κ2) is 5.96. The summed E-state index contributed by atoms with van der Waals surface area (Å²) in [7, 11) is 0. The molecule has 0 saturated heterocycles. The van der Waals surface area contributed by atoms with Crippen molar-refractivity contribution in [2.24, 2.45) is 5.84 Å². The fourth-order valence-electron chi connectivity index (χ4n) is 3.12. The van der Waals surface area contributed by atoms with Crippen LogP contribution < -0.4 is 11.3 Å². The minimum Gasteiger partial charge on any atom is -0.271 e. The molecular weight excluding hydrogens is 258 g/mol. The summed E-state index contributed by atoms with van der Waals surface area (Å²) in [5.41, 5.74) is 8.81. The van der Waals surface area contributed by atoms with Crippen molar-refractivity contribution in [3.05, 3.63) is 64.5 Å². The molecule has 1 atom stereocenters. The zero-order chi connectivity index (χ0) is 14.8. The van der Waals surface area contributed by atoms with Gasteiger partial charge in [-0.3, -0.25) is 10.8 Å². The molecule has 0 amide bonds. The first-order valence-electron chi connectivity index (χ1n) is 7.68. The van der Waals surface area contributed by atoms with Crippen LogP contribution >= 0.6 is 0 Å². The van der Waals surface area contributed by atoms with Gasteiger partial charge in [0.15, 0.2) is 0 Å². The predicted octanol–water partition coefficient (Wildman–Crippen LogP) is 3.52. The van der Waals surface area contributed by atoms with E-state index in [1.54, 1.807) is 0 Å². The van der Waals surface area contributed by atoms with Gasteiger partial charge in [0, 0.05) is 11.4 Å². The number of benzene rings is 1. The smallest absolute Gasteiger partial charge is 0.0711 e. The van der Waals surface area contributed by atoms with E-state index in [0.29, 0.717) is 0 Å². The average Bonchev–Trinajstić information content (AvgIpc) is 2.38. The molecule has 1 heterocycles. The Morgan fingerprint density at radius 2 is 1.67 bits per heavy atom. The van der Waals surface area contributed by atoms with E-state index in [1.807, 2.05) is 13.8 Å². The Morgan fingerprint density at radius 3 is 2.14 bits per heavy atom. The predicted molar refractivity (Wildman–Crippen MR) is 85.9 cm³/mol. The fraction of sp³-hybridized carbons (Fsp3) is 0.389. The first kappa shape index (κ1) is 14.2. The third-order valence-electron chi connectivity index (χ3n) is 4.45. The Hall–Kier alpha value is -1.71. The number of nitrogens with two attached hydrogens (primary N) is 1. The summed E-state index contributed by atoms with van der Waals surface area (Å²) in [6.45, 7) is 4.04. The van der Waals surface area contributed by atoms with Crippen molar-refractivity contribution in [3.63, 3.8) is 0 Å². The van der Waals surface area contributed by atoms with Crippen molar-refractivity contribution in [1.82, 2.24) is 10.4 Å². The molecule has 3 nitrogen and oxygen atoms in total. The standard InChI is InChI=1S/C18H23N3/c1-12-10-17(11-13(2)20-12)18(21-19)16-8-6-15(7-9-16)14-4-3-5-14/h6-11,14,18,21H,3-5,19H2,1-2H3. The molecule has 1 saturated carbocycles. The molecule has 3 rings (SSSR count). The van der Waals surface area contributed by atoms with Gasteiger partial charge in [0.05, 0.1) is 6.04 Å². The van der Waals surface area contributed by atoms with Crippen LogP contribution in [0, 0.1) is 13.8 Å². The number of hydrazine groups is 1. The lowest BCUT2D eigenvalue weighted by Gasteiger charge is -2.26. The summed E-state index contributed by atoms with van der Waals surface area (Å²) < 4.78 is 0. The lowest BCUT2D eigenvalue weighted by atomic mass is 9.79. The molecule has 1 fully saturated rings. The van der Waals surface area contributed by atoms with E-state index < -0.39 is 0 Å². The molecule has 1 aliphatic carbocycles. The third kappa shape index (κ3) is 2.99. The molecule has 0 aliphatic heterocycles. The SMILES string of the molecule is Cc1cc(C(NN)c2ccc(C3CCC3)cc2)cc(C)n1. The zero-order valence-corrected chi connectivity index (χ0v) is 12.8. The number of nitrogens with one attached hydrogen (secondary N) is 1. The summed E-state index contributed by atoms with van der Waals surface area (Å²) in [5, 5.41) is 0. The second-order valence-electron chi connectivity index (χ2n) is 6.08. The van der Waals surface area contributed by atoms with E-state index in [-0.39, 0.29) is 6.04 Å². The second-order valence-corrected chi connectivity index (χ2v) is 6.08. The highest BCUT2D eigenvalue weighted by atomic mass is 15.2. The van der Waals surface area contributed by atoms with Crippen LogP contribution in [0.25, 0.3) is 0 Å². The maximum atomic E-state index is 5.80. The van der Waals surface area contributed by atoms with Crippen LogP contribution in [0.4, 0.5) is 0 Å². The normalized spacial score (nSPS) is 16.5. The van der Waals surface area contributed by atoms with Crippen molar-refractivity contribution in [2.75, 3.05) is 0 Å². The Kier molecular flexibility index (Phi) is 4.04. The van der Waals surface area contributed by atoms with Crippen LogP contribution in [-0.2, 0) is 0 Å². The highest BCUT2D eigenvalue weighted by Gasteiger charge is 2.20. The number of nitrogens with zero attached hydrogens (tertiary/aromatic N) is 1. The van der Waals surface area contributed by atoms with Crippen molar-refractivity contribution >= 4 is 0 Å². The Bertz CT molecular complexity index is 595. The number of pyridine rings is 1. The molecule has 0 spiro atoms. The molecule has 1 unspecified atom stereocenters. The maximum absolute atomic E-state index is 5.80. The number of hydrogen-bond donors (Lipinski definition) is 2. The molecule has 3 heteroatoms. The summed E-state index contributed by atoms with van der Waals surface area (Å²) in [5.74, 6) is 6.57. The number of rotatable bonds is 4. The minimum atomic E-state index is 0.0147. The van der Waals surface area contributed by atoms with Gasteiger partial charge < -0.3 is 0 Å². The van der Waals surface area contributed by atoms with Gasteiger partial charge in [-0.05, 0) is 61.4 Å². The molecule has 21 heavy (non-hydrogen) atoms. The van der Waals surface area contributed by atoms with E-state index in [9.17, 15) is 0 Å². The summed E-state index contributed by atoms with van der Waals surface area (Å²) >= 11 is 0. The van der Waals surface area contributed by atoms with Gasteiger partial charge >= 0.3 is 0 Å². The Labute approximate surface area is 126 Å². The van der Waals surface area contributed by atoms with E-state index in [1.165, 1.54) is 36.0 Å². The lowest BCUT2D eigenvalue weighted by Crippen LogP contribution is -2.29. The van der Waals surface area contributed by atoms with E-state index in [4.69, 9.17) is 5.84 Å². The lowest BCUT2D eigenvalue weighted by molar-refractivity contribution is 0.419. The molecule has 0 bridgehead atoms. The van der Waals surface area contributed by atoms with Crippen LogP contribution in [0.2, 0.25) is 0 Å². The third-order valence-corrected chi connectivity index (χ3v) is 4.45. The van der Waals surface area contributed by atoms with E-state index in [2.05, 4.69) is 46.8 Å². The van der Waals surface area contributed by atoms with Gasteiger partial charge in [-0.2, -0.15) is 0 Å². The van der Waals surface area contributed by atoms with Gasteiger partial charge in [0.25, 0.3) is 0 Å².